The molecule has 2 aliphatic carbocycles. The summed E-state index contributed by atoms with van der Waals surface area (Å²) < 4.78 is 44.8. The van der Waals surface area contributed by atoms with Gasteiger partial charge in [-0.3, -0.25) is 29.1 Å². The van der Waals surface area contributed by atoms with Crippen LogP contribution >= 0.6 is 12.1 Å². The first-order chi connectivity index (χ1) is 30.3. The van der Waals surface area contributed by atoms with Gasteiger partial charge in [0.15, 0.2) is 17.4 Å². The monoisotopic (exact) mass is 879 g/mol. The van der Waals surface area contributed by atoms with Crippen molar-refractivity contribution in [2.75, 3.05) is 67.4 Å². The number of ether oxygens (including phenoxy) is 1. The van der Waals surface area contributed by atoms with Crippen LogP contribution in [0, 0.1) is 33.8 Å². The number of halogens is 2. The van der Waals surface area contributed by atoms with Crippen LogP contribution in [0.3, 0.4) is 0 Å². The highest BCUT2D eigenvalue weighted by Crippen LogP contribution is 2.57. The van der Waals surface area contributed by atoms with E-state index >= 15 is 8.78 Å². The second-order valence-electron chi connectivity index (χ2n) is 18.0. The molecule has 19 heteroatoms. The van der Waals surface area contributed by atoms with Crippen LogP contribution in [0.5, 0.6) is 11.5 Å². The summed E-state index contributed by atoms with van der Waals surface area (Å²) in [4.78, 5) is 48.8. The van der Waals surface area contributed by atoms with E-state index in [1.165, 1.54) is 23.1 Å². The zero-order valence-electron chi connectivity index (χ0n) is 34.9. The summed E-state index contributed by atoms with van der Waals surface area (Å²) in [6.45, 7) is 4.14. The first kappa shape index (κ1) is 41.2. The van der Waals surface area contributed by atoms with E-state index in [0.717, 1.165) is 82.4 Å². The van der Waals surface area contributed by atoms with Crippen molar-refractivity contribution in [3.8, 4) is 17.6 Å². The molecule has 2 spiro atoms. The number of nitriles is 1. The van der Waals surface area contributed by atoms with Crippen LogP contribution in [0.1, 0.15) is 56.6 Å². The Morgan fingerprint density at radius 2 is 1.76 bits per heavy atom. The maximum absolute atomic E-state index is 15.7. The van der Waals surface area contributed by atoms with Gasteiger partial charge >= 0.3 is 6.03 Å². The van der Waals surface area contributed by atoms with Crippen molar-refractivity contribution in [1.29, 1.82) is 5.26 Å². The second-order valence-corrected chi connectivity index (χ2v) is 19.0. The SMILES string of the molecule is CN(CCO)SNc1ccc(F)c(Oc2ccc3ncn(C4CC5(CCN(C6CC7(C6)CN(c6cc8c(cc6F)c(N6CCC(=O)NC6=O)nn8C)C7)CC5)C4)c(=O)c3c2)c1C#N. The normalized spacial score (nSPS) is 20.8. The summed E-state index contributed by atoms with van der Waals surface area (Å²) >= 11 is 1.15. The van der Waals surface area contributed by atoms with Gasteiger partial charge in [0, 0.05) is 74.7 Å². The molecule has 0 radical (unpaired) electrons. The van der Waals surface area contributed by atoms with Gasteiger partial charge in [-0.15, -0.1) is 0 Å². The van der Waals surface area contributed by atoms with Gasteiger partial charge in [0.05, 0.1) is 40.7 Å². The van der Waals surface area contributed by atoms with Crippen molar-refractivity contribution in [1.82, 2.24) is 33.9 Å². The van der Waals surface area contributed by atoms with Gasteiger partial charge in [0.25, 0.3) is 5.56 Å². The van der Waals surface area contributed by atoms with Crippen molar-refractivity contribution in [3.63, 3.8) is 0 Å². The lowest BCUT2D eigenvalue weighted by Crippen LogP contribution is -2.67. The molecule has 3 amide bonds. The fraction of sp³-hybridized carbons (Fsp3) is 0.455. The molecular weight excluding hydrogens is 833 g/mol. The van der Waals surface area contributed by atoms with Crippen molar-refractivity contribution in [2.45, 2.75) is 57.0 Å². The topological polar surface area (TPSA) is 177 Å². The van der Waals surface area contributed by atoms with Gasteiger partial charge < -0.3 is 24.4 Å². The van der Waals surface area contributed by atoms with E-state index in [-0.39, 0.29) is 70.8 Å². The summed E-state index contributed by atoms with van der Waals surface area (Å²) in [5, 5.41) is 26.8. The van der Waals surface area contributed by atoms with Crippen LogP contribution in [0.15, 0.2) is 53.6 Å². The van der Waals surface area contributed by atoms with E-state index in [0.29, 0.717) is 46.1 Å². The fourth-order valence-electron chi connectivity index (χ4n) is 10.5. The number of aliphatic hydroxyl groups excluding tert-OH is 1. The molecule has 5 fully saturated rings. The third kappa shape index (κ3) is 7.32. The molecular formula is C44H47F2N11O5S. The number of anilines is 3. The van der Waals surface area contributed by atoms with E-state index in [1.54, 1.807) is 52.2 Å². The number of nitrogens with zero attached hydrogens (tertiary/aromatic N) is 9. The smallest absolute Gasteiger partial charge is 0.329 e. The third-order valence-corrected chi connectivity index (χ3v) is 14.8. The van der Waals surface area contributed by atoms with Gasteiger partial charge in [-0.05, 0) is 107 Å². The van der Waals surface area contributed by atoms with Crippen LogP contribution in [0.2, 0.25) is 0 Å². The van der Waals surface area contributed by atoms with Crippen LogP contribution in [0.25, 0.3) is 21.8 Å². The van der Waals surface area contributed by atoms with Gasteiger partial charge in [-0.25, -0.2) is 22.9 Å². The number of aryl methyl sites for hydroxylation is 1. The molecule has 5 aliphatic rings. The molecule has 16 nitrogen and oxygen atoms in total. The minimum absolute atomic E-state index is 0.0257. The van der Waals surface area contributed by atoms with E-state index in [9.17, 15) is 24.8 Å². The minimum Gasteiger partial charge on any atom is -0.453 e. The van der Waals surface area contributed by atoms with Gasteiger partial charge in [-0.2, -0.15) is 10.4 Å². The molecule has 2 aromatic heterocycles. The van der Waals surface area contributed by atoms with Gasteiger partial charge in [0.2, 0.25) is 5.91 Å². The average Bonchev–Trinajstić information content (AvgIpc) is 3.53. The first-order valence-electron chi connectivity index (χ1n) is 21.3. The maximum Gasteiger partial charge on any atom is 0.329 e. The summed E-state index contributed by atoms with van der Waals surface area (Å²) in [5.41, 5.74) is 2.25. The van der Waals surface area contributed by atoms with Crippen molar-refractivity contribution < 1.29 is 28.2 Å². The van der Waals surface area contributed by atoms with Crippen LogP contribution in [-0.2, 0) is 11.8 Å². The number of nitrogens with one attached hydrogen (secondary N) is 2. The number of imide groups is 1. The first-order valence-corrected chi connectivity index (χ1v) is 22.1. The Hall–Kier alpha value is -5.81. The Bertz CT molecular complexity index is 2760. The lowest BCUT2D eigenvalue weighted by atomic mass is 9.57. The Morgan fingerprint density at radius 1 is 1.00 bits per heavy atom. The fourth-order valence-corrected chi connectivity index (χ4v) is 11.1. The van der Waals surface area contributed by atoms with Crippen LogP contribution in [0.4, 0.5) is 30.8 Å². The number of fused-ring (bicyclic) bond motifs is 2. The van der Waals surface area contributed by atoms with Crippen molar-refractivity contribution in [2.24, 2.45) is 17.9 Å². The number of hydrogen-bond donors (Lipinski definition) is 3. The lowest BCUT2D eigenvalue weighted by molar-refractivity contribution is -0.120. The molecule has 2 saturated carbocycles. The number of amides is 3. The van der Waals surface area contributed by atoms with Crippen LogP contribution < -0.4 is 30.1 Å². The zero-order valence-corrected chi connectivity index (χ0v) is 35.8. The summed E-state index contributed by atoms with van der Waals surface area (Å²) in [5.74, 6) is -1.11. The lowest BCUT2D eigenvalue weighted by Gasteiger charge is -2.63. The number of urea groups is 1. The van der Waals surface area contributed by atoms with Gasteiger partial charge in [-0.1, -0.05) is 0 Å². The quantitative estimate of drug-likeness (QED) is 0.139. The number of aliphatic hydroxyl groups is 1. The molecule has 0 unspecified atom stereocenters. The predicted octanol–water partition coefficient (Wildman–Crippen LogP) is 5.66. The second kappa shape index (κ2) is 15.8. The Kier molecular flexibility index (Phi) is 10.3. The molecule has 3 aromatic carbocycles. The average molecular weight is 880 g/mol. The third-order valence-electron chi connectivity index (χ3n) is 14.0. The van der Waals surface area contributed by atoms with Crippen molar-refractivity contribution >= 4 is 63.1 Å². The molecule has 3 saturated heterocycles. The number of aromatic nitrogens is 4. The number of hydrogen-bond acceptors (Lipinski definition) is 13. The molecule has 5 aromatic rings. The summed E-state index contributed by atoms with van der Waals surface area (Å²) in [6, 6.07) is 12.8. The molecule has 328 valence electrons. The summed E-state index contributed by atoms with van der Waals surface area (Å²) in [6.07, 6.45) is 7.88. The molecule has 3 N–H and O–H groups in total. The summed E-state index contributed by atoms with van der Waals surface area (Å²) in [7, 11) is 3.54. The molecule has 63 heavy (non-hydrogen) atoms. The Labute approximate surface area is 365 Å². The molecule has 0 atom stereocenters. The number of carbonyl (C=O) groups is 2. The molecule has 5 heterocycles. The predicted molar refractivity (Wildman–Crippen MR) is 233 cm³/mol. The van der Waals surface area contributed by atoms with E-state index in [1.807, 2.05) is 12.1 Å². The number of benzene rings is 3. The highest BCUT2D eigenvalue weighted by atomic mass is 32.2. The van der Waals surface area contributed by atoms with E-state index in [2.05, 4.69) is 29.9 Å². The number of likely N-dealkylation sites (tertiary alicyclic amines) is 1. The standard InChI is InChI=1S/C44H47F2N11O5S/c1-52(13-14-58)63-51-35-6-4-32(45)39(31(35)22-47)62-28-3-5-34-29(15-28)41(60)57(25-48-34)27-20-43(21-27)8-11-54(12-9-43)26-18-44(19-26)23-55(24-44)37-17-36-30(16-33(37)46)40(50-53(36)2)56-10-7-38(59)49-42(56)61/h3-6,15-17,25-27,51,58H,7-14,18-21,23-24H2,1-2H3,(H,49,59,61). The highest BCUT2D eigenvalue weighted by Gasteiger charge is 2.56. The Balaban J connectivity index is 0.737. The van der Waals surface area contributed by atoms with E-state index < -0.39 is 11.8 Å². The largest absolute Gasteiger partial charge is 0.453 e. The molecule has 3 aliphatic heterocycles. The number of rotatable bonds is 11. The molecule has 0 bridgehead atoms. The van der Waals surface area contributed by atoms with Crippen LogP contribution in [-0.4, -0.2) is 105 Å². The number of carbonyl (C=O) groups excluding carboxylic acids is 2. The Morgan fingerprint density at radius 3 is 2.49 bits per heavy atom. The van der Waals surface area contributed by atoms with Crippen molar-refractivity contribution in [3.05, 3.63) is 76.3 Å². The maximum atomic E-state index is 15.7. The van der Waals surface area contributed by atoms with Gasteiger partial charge in [0.1, 0.15) is 23.2 Å². The number of likely N-dealkylation sites (N-methyl/N-ethyl adjacent to an activating group) is 1. The molecule has 10 rings (SSSR count). The zero-order chi connectivity index (χ0) is 43.8. The highest BCUT2D eigenvalue weighted by molar-refractivity contribution is 7.98. The minimum atomic E-state index is -0.719. The number of piperidine rings is 1. The van der Waals surface area contributed by atoms with E-state index in [4.69, 9.17) is 4.74 Å².